The van der Waals surface area contributed by atoms with Crippen molar-refractivity contribution in [1.29, 1.82) is 0 Å². The van der Waals surface area contributed by atoms with Gasteiger partial charge in [-0.15, -0.1) is 11.3 Å². The molecule has 0 unspecified atom stereocenters. The van der Waals surface area contributed by atoms with Gasteiger partial charge in [-0.3, -0.25) is 4.79 Å². The zero-order chi connectivity index (χ0) is 14.2. The maximum atomic E-state index is 11.3. The number of thiophene rings is 1. The van der Waals surface area contributed by atoms with Gasteiger partial charge in [-0.05, 0) is 39.8 Å². The smallest absolute Gasteiger partial charge is 0.407 e. The molecule has 1 heterocycles. The van der Waals surface area contributed by atoms with Crippen molar-refractivity contribution in [2.75, 3.05) is 0 Å². The van der Waals surface area contributed by atoms with E-state index in [1.54, 1.807) is 11.3 Å². The van der Waals surface area contributed by atoms with Gasteiger partial charge in [-0.2, -0.15) is 0 Å². The van der Waals surface area contributed by atoms with Crippen LogP contribution >= 0.6 is 11.3 Å². The Morgan fingerprint density at radius 1 is 1.50 bits per heavy atom. The van der Waals surface area contributed by atoms with Crippen molar-refractivity contribution in [3.05, 3.63) is 21.9 Å². The summed E-state index contributed by atoms with van der Waals surface area (Å²) in [5, 5.41) is 9.61. The van der Waals surface area contributed by atoms with E-state index < -0.39 is 5.60 Å². The number of nitrogens with one attached hydrogen (secondary N) is 1. The van der Waals surface area contributed by atoms with Crippen LogP contribution in [0.2, 0.25) is 0 Å². The van der Waals surface area contributed by atoms with Gasteiger partial charge in [-0.1, -0.05) is 0 Å². The molecule has 0 bridgehead atoms. The Labute approximate surface area is 111 Å². The van der Waals surface area contributed by atoms with Crippen molar-refractivity contribution in [3.63, 3.8) is 0 Å². The summed E-state index contributed by atoms with van der Waals surface area (Å²) in [5.74, 6) is 0. The molecule has 0 saturated heterocycles. The molecule has 0 aliphatic carbocycles. The monoisotopic (exact) mass is 273 g/mol. The number of amides is 1. The molecule has 0 aromatic carbocycles. The highest BCUT2D eigenvalue weighted by Crippen LogP contribution is 2.14. The summed E-state index contributed by atoms with van der Waals surface area (Å²) in [6, 6.07) is 4.05. The molecule has 1 amide bonds. The molecule has 0 aliphatic heterocycles. The molecule has 5 nitrogen and oxygen atoms in total. The number of aryl methyl sites for hydroxylation is 1. The Bertz CT molecular complexity index is 382. The lowest BCUT2D eigenvalue weighted by Gasteiger charge is -2.19. The Morgan fingerprint density at radius 2 is 2.06 bits per heavy atom. The number of ether oxygens (including phenoxy) is 1. The first kappa shape index (κ1) is 16.4. The maximum absolute atomic E-state index is 11.3. The zero-order valence-corrected chi connectivity index (χ0v) is 11.8. The second-order valence-corrected chi connectivity index (χ2v) is 5.85. The Kier molecular flexibility index (Phi) is 7.04. The van der Waals surface area contributed by atoms with Gasteiger partial charge in [0.15, 0.2) is 0 Å². The minimum Gasteiger partial charge on any atom is -0.483 e. The van der Waals surface area contributed by atoms with Crippen LogP contribution in [0.3, 0.4) is 0 Å². The van der Waals surface area contributed by atoms with Crippen LogP contribution in [0, 0.1) is 6.92 Å². The highest BCUT2D eigenvalue weighted by atomic mass is 32.1. The van der Waals surface area contributed by atoms with Crippen LogP contribution in [0.15, 0.2) is 12.1 Å². The van der Waals surface area contributed by atoms with Crippen LogP contribution in [0.1, 0.15) is 30.5 Å². The average Bonchev–Trinajstić information content (AvgIpc) is 2.60. The molecule has 1 rings (SSSR count). The maximum Gasteiger partial charge on any atom is 0.407 e. The number of rotatable bonds is 2. The first-order valence-electron chi connectivity index (χ1n) is 5.38. The summed E-state index contributed by atoms with van der Waals surface area (Å²) in [4.78, 5) is 22.1. The van der Waals surface area contributed by atoms with Crippen LogP contribution in [0.5, 0.6) is 0 Å². The van der Waals surface area contributed by atoms with Gasteiger partial charge in [0.05, 0.1) is 6.54 Å². The van der Waals surface area contributed by atoms with Crippen molar-refractivity contribution in [3.8, 4) is 0 Å². The molecule has 0 radical (unpaired) electrons. The zero-order valence-electron chi connectivity index (χ0n) is 11.0. The van der Waals surface area contributed by atoms with E-state index >= 15 is 0 Å². The lowest BCUT2D eigenvalue weighted by molar-refractivity contribution is -0.122. The van der Waals surface area contributed by atoms with Crippen LogP contribution in [0.25, 0.3) is 0 Å². The summed E-state index contributed by atoms with van der Waals surface area (Å²) in [6.45, 7) is 7.88. The summed E-state index contributed by atoms with van der Waals surface area (Å²) in [5.41, 5.74) is -0.435. The molecule has 102 valence electrons. The summed E-state index contributed by atoms with van der Waals surface area (Å²) in [7, 11) is 0. The van der Waals surface area contributed by atoms with Gasteiger partial charge in [-0.25, -0.2) is 4.79 Å². The Morgan fingerprint density at radius 3 is 2.44 bits per heavy atom. The fourth-order valence-electron chi connectivity index (χ4n) is 1.05. The van der Waals surface area contributed by atoms with Gasteiger partial charge in [0.25, 0.3) is 6.47 Å². The minimum absolute atomic E-state index is 0.250. The number of alkyl carbamates (subject to hydrolysis) is 1. The van der Waals surface area contributed by atoms with Crippen molar-refractivity contribution in [2.24, 2.45) is 0 Å². The van der Waals surface area contributed by atoms with Gasteiger partial charge in [0, 0.05) is 9.75 Å². The first-order valence-corrected chi connectivity index (χ1v) is 6.20. The predicted octanol–water partition coefficient (Wildman–Crippen LogP) is 2.78. The van der Waals surface area contributed by atoms with Crippen molar-refractivity contribution >= 4 is 23.9 Å². The minimum atomic E-state index is -0.435. The average molecular weight is 273 g/mol. The van der Waals surface area contributed by atoms with E-state index in [1.807, 2.05) is 39.8 Å². The summed E-state index contributed by atoms with van der Waals surface area (Å²) >= 11 is 1.68. The van der Waals surface area contributed by atoms with Crippen molar-refractivity contribution < 1.29 is 19.4 Å². The fraction of sp³-hybridized carbons (Fsp3) is 0.500. The second kappa shape index (κ2) is 7.71. The predicted molar refractivity (Wildman–Crippen MR) is 70.8 cm³/mol. The molecular weight excluding hydrogens is 254 g/mol. The van der Waals surface area contributed by atoms with E-state index in [2.05, 4.69) is 5.32 Å². The van der Waals surface area contributed by atoms with E-state index in [1.165, 1.54) is 4.88 Å². The third-order valence-corrected chi connectivity index (χ3v) is 2.60. The van der Waals surface area contributed by atoms with E-state index in [9.17, 15) is 4.79 Å². The van der Waals surface area contributed by atoms with Gasteiger partial charge >= 0.3 is 6.09 Å². The van der Waals surface area contributed by atoms with Gasteiger partial charge in [0.1, 0.15) is 5.60 Å². The summed E-state index contributed by atoms with van der Waals surface area (Å²) < 4.78 is 5.12. The fourth-order valence-corrected chi connectivity index (χ4v) is 1.88. The molecule has 0 fully saturated rings. The topological polar surface area (TPSA) is 75.6 Å². The van der Waals surface area contributed by atoms with E-state index in [0.717, 1.165) is 4.88 Å². The number of hydrogen-bond acceptors (Lipinski definition) is 4. The summed E-state index contributed by atoms with van der Waals surface area (Å²) in [6.07, 6.45) is -0.367. The van der Waals surface area contributed by atoms with Gasteiger partial charge < -0.3 is 15.2 Å². The van der Waals surface area contributed by atoms with Crippen LogP contribution in [-0.2, 0) is 16.1 Å². The number of carbonyl (C=O) groups is 2. The van der Waals surface area contributed by atoms with Crippen molar-refractivity contribution in [1.82, 2.24) is 5.32 Å². The second-order valence-electron chi connectivity index (χ2n) is 4.47. The third kappa shape index (κ3) is 8.58. The molecule has 6 heteroatoms. The van der Waals surface area contributed by atoms with E-state index in [0.29, 0.717) is 6.54 Å². The molecule has 1 aromatic heterocycles. The SMILES string of the molecule is Cc1ccc(CNC(=O)OC(C)(C)C)s1.O=CO. The largest absolute Gasteiger partial charge is 0.483 e. The normalized spacial score (nSPS) is 10.0. The lowest BCUT2D eigenvalue weighted by Crippen LogP contribution is -2.31. The van der Waals surface area contributed by atoms with Crippen molar-refractivity contribution in [2.45, 2.75) is 39.8 Å². The first-order chi connectivity index (χ1) is 8.28. The standard InChI is InChI=1S/C11H17NO2S.CH2O2/c1-8-5-6-9(15-8)7-12-10(13)14-11(2,3)4;2-1-3/h5-6H,7H2,1-4H3,(H,12,13);1H,(H,2,3). The number of carboxylic acid groups (broad SMARTS) is 1. The molecule has 0 atom stereocenters. The molecular formula is C12H19NO4S. The molecule has 2 N–H and O–H groups in total. The molecule has 0 saturated carbocycles. The van der Waals surface area contributed by atoms with E-state index in [4.69, 9.17) is 14.6 Å². The molecule has 1 aromatic rings. The highest BCUT2D eigenvalue weighted by Gasteiger charge is 2.15. The molecule has 0 spiro atoms. The highest BCUT2D eigenvalue weighted by molar-refractivity contribution is 7.11. The quantitative estimate of drug-likeness (QED) is 0.812. The Balaban J connectivity index is 0.000000873. The van der Waals surface area contributed by atoms with Crippen LogP contribution in [-0.4, -0.2) is 23.3 Å². The lowest BCUT2D eigenvalue weighted by atomic mass is 10.2. The van der Waals surface area contributed by atoms with Crippen LogP contribution < -0.4 is 5.32 Å². The number of hydrogen-bond donors (Lipinski definition) is 2. The molecule has 18 heavy (non-hydrogen) atoms. The third-order valence-electron chi connectivity index (χ3n) is 1.60. The van der Waals surface area contributed by atoms with Crippen LogP contribution in [0.4, 0.5) is 4.79 Å². The van der Waals surface area contributed by atoms with E-state index in [-0.39, 0.29) is 12.6 Å². The van der Waals surface area contributed by atoms with Gasteiger partial charge in [0.2, 0.25) is 0 Å². The Hall–Kier alpha value is -1.56. The molecule has 0 aliphatic rings. The number of carbonyl (C=O) groups excluding carboxylic acids is 1.